The minimum absolute atomic E-state index is 0.532. The van der Waals surface area contributed by atoms with Crippen LogP contribution in [0.3, 0.4) is 0 Å². The fourth-order valence-electron chi connectivity index (χ4n) is 2.82. The lowest BCUT2D eigenvalue weighted by molar-refractivity contribution is 0.416. The van der Waals surface area contributed by atoms with Crippen LogP contribution < -0.4 is 0 Å². The highest BCUT2D eigenvalue weighted by Crippen LogP contribution is 2.65. The van der Waals surface area contributed by atoms with Gasteiger partial charge in [0.15, 0.2) is 0 Å². The molecular weight excluding hydrogens is 144 g/mol. The van der Waals surface area contributed by atoms with Crippen molar-refractivity contribution in [3.63, 3.8) is 0 Å². The van der Waals surface area contributed by atoms with Crippen molar-refractivity contribution < 1.29 is 0 Å². The summed E-state index contributed by atoms with van der Waals surface area (Å²) < 4.78 is 0. The topological polar surface area (TPSA) is 0 Å². The molecule has 2 aliphatic carbocycles. The zero-order valence-corrected chi connectivity index (χ0v) is 8.03. The van der Waals surface area contributed by atoms with Gasteiger partial charge in [-0.2, -0.15) is 0 Å². The second-order valence-electron chi connectivity index (χ2n) is 4.57. The predicted molar refractivity (Wildman–Crippen MR) is 53.0 cm³/mol. The Kier molecular flexibility index (Phi) is 1.67. The lowest BCUT2D eigenvalue weighted by atomic mass is 9.80. The summed E-state index contributed by atoms with van der Waals surface area (Å²) in [6, 6.07) is 0. The van der Waals surface area contributed by atoms with Crippen molar-refractivity contribution in [2.75, 3.05) is 0 Å². The third kappa shape index (κ3) is 0.972. The normalized spacial score (nSPS) is 40.1. The molecule has 0 bridgehead atoms. The lowest BCUT2D eigenvalue weighted by Gasteiger charge is -2.25. The summed E-state index contributed by atoms with van der Waals surface area (Å²) in [6.07, 6.45) is 6.76. The molecule has 2 aliphatic rings. The van der Waals surface area contributed by atoms with Crippen LogP contribution >= 0.6 is 0 Å². The standard InChI is InChI=1S/C12H18/c1-9(2)11-8-12(11)7-5-4-6-10(12)3/h11H,1,3-8H2,2H3. The van der Waals surface area contributed by atoms with Gasteiger partial charge in [-0.25, -0.2) is 0 Å². The molecule has 0 heteroatoms. The Hall–Kier alpha value is -0.520. The van der Waals surface area contributed by atoms with Crippen molar-refractivity contribution in [1.29, 1.82) is 0 Å². The summed E-state index contributed by atoms with van der Waals surface area (Å²) in [6.45, 7) is 10.4. The quantitative estimate of drug-likeness (QED) is 0.516. The highest BCUT2D eigenvalue weighted by Gasteiger charge is 2.55. The molecule has 0 N–H and O–H groups in total. The van der Waals surface area contributed by atoms with Gasteiger partial charge in [0.1, 0.15) is 0 Å². The molecule has 2 saturated carbocycles. The van der Waals surface area contributed by atoms with E-state index in [-0.39, 0.29) is 0 Å². The summed E-state index contributed by atoms with van der Waals surface area (Å²) >= 11 is 0. The molecule has 1 spiro atoms. The Morgan fingerprint density at radius 2 is 2.25 bits per heavy atom. The molecule has 0 radical (unpaired) electrons. The summed E-state index contributed by atoms with van der Waals surface area (Å²) in [5, 5.41) is 0. The third-order valence-corrected chi connectivity index (χ3v) is 3.73. The molecule has 0 aromatic rings. The number of allylic oxidation sites excluding steroid dienone is 2. The molecule has 2 unspecified atom stereocenters. The highest BCUT2D eigenvalue weighted by atomic mass is 14.6. The molecule has 2 rings (SSSR count). The van der Waals surface area contributed by atoms with Crippen LogP contribution in [0.1, 0.15) is 39.0 Å². The van der Waals surface area contributed by atoms with E-state index in [0.717, 1.165) is 5.92 Å². The zero-order chi connectivity index (χ0) is 8.77. The van der Waals surface area contributed by atoms with Crippen LogP contribution in [0.2, 0.25) is 0 Å². The molecule has 2 atom stereocenters. The van der Waals surface area contributed by atoms with E-state index in [1.807, 2.05) is 0 Å². The van der Waals surface area contributed by atoms with E-state index < -0.39 is 0 Å². The van der Waals surface area contributed by atoms with Crippen molar-refractivity contribution in [1.82, 2.24) is 0 Å². The third-order valence-electron chi connectivity index (χ3n) is 3.73. The Labute approximate surface area is 75.4 Å². The summed E-state index contributed by atoms with van der Waals surface area (Å²) in [5.74, 6) is 0.783. The predicted octanol–water partition coefficient (Wildman–Crippen LogP) is 3.70. The van der Waals surface area contributed by atoms with Gasteiger partial charge in [-0.3, -0.25) is 0 Å². The van der Waals surface area contributed by atoms with E-state index in [2.05, 4.69) is 20.1 Å². The highest BCUT2D eigenvalue weighted by molar-refractivity contribution is 5.31. The Balaban J connectivity index is 2.13. The van der Waals surface area contributed by atoms with Gasteiger partial charge < -0.3 is 0 Å². The van der Waals surface area contributed by atoms with Crippen molar-refractivity contribution in [2.45, 2.75) is 39.0 Å². The van der Waals surface area contributed by atoms with Crippen molar-refractivity contribution >= 4 is 0 Å². The molecule has 0 aromatic heterocycles. The zero-order valence-electron chi connectivity index (χ0n) is 8.03. The molecule has 12 heavy (non-hydrogen) atoms. The molecule has 2 fully saturated rings. The molecule has 66 valence electrons. The lowest BCUT2D eigenvalue weighted by Crippen LogP contribution is -2.12. The summed E-state index contributed by atoms with van der Waals surface area (Å²) in [5.41, 5.74) is 3.42. The van der Waals surface area contributed by atoms with Crippen LogP contribution in [0.5, 0.6) is 0 Å². The SMILES string of the molecule is C=C(C)C1CC12CCCCC2=C. The Morgan fingerprint density at radius 1 is 1.50 bits per heavy atom. The Bertz CT molecular complexity index is 236. The van der Waals surface area contributed by atoms with Gasteiger partial charge in [0.25, 0.3) is 0 Å². The number of hydrogen-bond acceptors (Lipinski definition) is 0. The van der Waals surface area contributed by atoms with Gasteiger partial charge in [0, 0.05) is 0 Å². The van der Waals surface area contributed by atoms with Crippen LogP contribution in [0.4, 0.5) is 0 Å². The van der Waals surface area contributed by atoms with E-state index in [1.165, 1.54) is 43.3 Å². The molecular formula is C12H18. The van der Waals surface area contributed by atoms with Crippen LogP contribution in [-0.2, 0) is 0 Å². The number of rotatable bonds is 1. The average Bonchev–Trinajstić information content (AvgIpc) is 2.72. The van der Waals surface area contributed by atoms with Gasteiger partial charge in [-0.05, 0) is 43.9 Å². The smallest absolute Gasteiger partial charge is 0.00193 e. The van der Waals surface area contributed by atoms with Crippen molar-refractivity contribution in [3.8, 4) is 0 Å². The fourth-order valence-corrected chi connectivity index (χ4v) is 2.82. The fraction of sp³-hybridized carbons (Fsp3) is 0.667. The molecule has 0 amide bonds. The van der Waals surface area contributed by atoms with Crippen LogP contribution in [-0.4, -0.2) is 0 Å². The van der Waals surface area contributed by atoms with E-state index in [1.54, 1.807) is 0 Å². The van der Waals surface area contributed by atoms with Gasteiger partial charge in [0.2, 0.25) is 0 Å². The maximum atomic E-state index is 4.22. The van der Waals surface area contributed by atoms with Gasteiger partial charge in [0.05, 0.1) is 0 Å². The molecule has 0 heterocycles. The van der Waals surface area contributed by atoms with E-state index in [0.29, 0.717) is 5.41 Å². The minimum atomic E-state index is 0.532. The van der Waals surface area contributed by atoms with Crippen LogP contribution in [0.15, 0.2) is 24.3 Å². The summed E-state index contributed by atoms with van der Waals surface area (Å²) in [4.78, 5) is 0. The van der Waals surface area contributed by atoms with Crippen molar-refractivity contribution in [3.05, 3.63) is 24.3 Å². The van der Waals surface area contributed by atoms with Gasteiger partial charge in [-0.15, -0.1) is 0 Å². The Morgan fingerprint density at radius 3 is 2.75 bits per heavy atom. The monoisotopic (exact) mass is 162 g/mol. The number of hydrogen-bond donors (Lipinski definition) is 0. The van der Waals surface area contributed by atoms with Gasteiger partial charge >= 0.3 is 0 Å². The van der Waals surface area contributed by atoms with Crippen LogP contribution in [0, 0.1) is 11.3 Å². The molecule has 0 saturated heterocycles. The first-order valence-corrected chi connectivity index (χ1v) is 5.00. The molecule has 0 aliphatic heterocycles. The second-order valence-corrected chi connectivity index (χ2v) is 4.57. The second kappa shape index (κ2) is 2.48. The van der Waals surface area contributed by atoms with Crippen LogP contribution in [0.25, 0.3) is 0 Å². The first-order valence-electron chi connectivity index (χ1n) is 5.00. The first kappa shape index (κ1) is 8.10. The van der Waals surface area contributed by atoms with E-state index in [4.69, 9.17) is 0 Å². The molecule has 0 aromatic carbocycles. The maximum Gasteiger partial charge on any atom is -0.00193 e. The maximum absolute atomic E-state index is 4.22. The van der Waals surface area contributed by atoms with Crippen molar-refractivity contribution in [2.24, 2.45) is 11.3 Å². The van der Waals surface area contributed by atoms with E-state index >= 15 is 0 Å². The van der Waals surface area contributed by atoms with Gasteiger partial charge in [-0.1, -0.05) is 30.7 Å². The largest absolute Gasteiger partial charge is 0.0998 e. The molecule has 0 nitrogen and oxygen atoms in total. The summed E-state index contributed by atoms with van der Waals surface area (Å²) in [7, 11) is 0. The average molecular weight is 162 g/mol. The minimum Gasteiger partial charge on any atom is -0.0998 e. The van der Waals surface area contributed by atoms with E-state index in [9.17, 15) is 0 Å². The first-order chi connectivity index (χ1) is 5.67.